The van der Waals surface area contributed by atoms with Crippen molar-refractivity contribution < 1.29 is 19.1 Å². The Balaban J connectivity index is 1.60. The molecule has 1 aromatic heterocycles. The number of carbonyl (C=O) groups is 2. The lowest BCUT2D eigenvalue weighted by Crippen LogP contribution is -2.51. The van der Waals surface area contributed by atoms with Gasteiger partial charge in [-0.1, -0.05) is 0 Å². The molecular weight excluding hydrogens is 354 g/mol. The second-order valence-electron chi connectivity index (χ2n) is 6.12. The van der Waals surface area contributed by atoms with Crippen LogP contribution in [0.2, 0.25) is 0 Å². The van der Waals surface area contributed by atoms with E-state index in [2.05, 4.69) is 10.3 Å². The number of primary amides is 1. The molecule has 1 aliphatic rings. The Kier molecular flexibility index (Phi) is 5.85. The zero-order chi connectivity index (χ0) is 18.5. The third kappa shape index (κ3) is 4.80. The molecule has 138 valence electrons. The molecule has 7 nitrogen and oxygen atoms in total. The van der Waals surface area contributed by atoms with Crippen LogP contribution < -0.4 is 15.8 Å². The van der Waals surface area contributed by atoms with Crippen LogP contribution in [0.1, 0.15) is 27.5 Å². The second-order valence-corrected chi connectivity index (χ2v) is 7.18. The minimum Gasteiger partial charge on any atom is -0.486 e. The number of nitrogens with one attached hydrogen (secondary N) is 1. The van der Waals surface area contributed by atoms with Crippen LogP contribution in [-0.4, -0.2) is 42.2 Å². The van der Waals surface area contributed by atoms with Crippen LogP contribution in [0.3, 0.4) is 0 Å². The number of amides is 2. The molecule has 0 saturated carbocycles. The molecule has 1 fully saturated rings. The number of benzene rings is 1. The molecule has 0 radical (unpaired) electrons. The standard InChI is InChI=1S/C18H21N3O4S/c1-11-20-13(10-26-11)8-17(22)21-15-6-7-24-9-16(15)25-14-4-2-12(3-5-14)18(19)23/h2-5,10,15-16H,6-9H2,1H3,(H2,19,23)(H,21,22)/t15-,16-/m1/s1. The van der Waals surface area contributed by atoms with Crippen molar-refractivity contribution >= 4 is 23.2 Å². The lowest BCUT2D eigenvalue weighted by Gasteiger charge is -2.32. The molecular formula is C18H21N3O4S. The smallest absolute Gasteiger partial charge is 0.248 e. The summed E-state index contributed by atoms with van der Waals surface area (Å²) in [6.45, 7) is 2.87. The van der Waals surface area contributed by atoms with E-state index in [1.807, 2.05) is 12.3 Å². The molecule has 0 spiro atoms. The number of aromatic nitrogens is 1. The molecule has 0 bridgehead atoms. The summed E-state index contributed by atoms with van der Waals surface area (Å²) in [6.07, 6.45) is 0.623. The number of thiazole rings is 1. The number of ether oxygens (including phenoxy) is 2. The molecule has 26 heavy (non-hydrogen) atoms. The van der Waals surface area contributed by atoms with Crippen LogP contribution in [0.5, 0.6) is 5.75 Å². The quantitative estimate of drug-likeness (QED) is 0.795. The van der Waals surface area contributed by atoms with E-state index >= 15 is 0 Å². The van der Waals surface area contributed by atoms with Gasteiger partial charge in [-0.3, -0.25) is 9.59 Å². The van der Waals surface area contributed by atoms with E-state index in [0.29, 0.717) is 30.9 Å². The number of hydrogen-bond donors (Lipinski definition) is 2. The molecule has 2 heterocycles. The summed E-state index contributed by atoms with van der Waals surface area (Å²) in [5.41, 5.74) is 6.43. The van der Waals surface area contributed by atoms with E-state index in [9.17, 15) is 9.59 Å². The van der Waals surface area contributed by atoms with Crippen molar-refractivity contribution in [2.24, 2.45) is 5.73 Å². The van der Waals surface area contributed by atoms with Gasteiger partial charge in [-0.15, -0.1) is 11.3 Å². The summed E-state index contributed by atoms with van der Waals surface area (Å²) in [5.74, 6) is 0.0275. The van der Waals surface area contributed by atoms with Crippen molar-refractivity contribution in [1.82, 2.24) is 10.3 Å². The third-order valence-corrected chi connectivity index (χ3v) is 4.91. The highest BCUT2D eigenvalue weighted by atomic mass is 32.1. The highest BCUT2D eigenvalue weighted by Crippen LogP contribution is 2.19. The molecule has 0 unspecified atom stereocenters. The van der Waals surface area contributed by atoms with E-state index in [0.717, 1.165) is 10.7 Å². The van der Waals surface area contributed by atoms with E-state index in [-0.39, 0.29) is 24.5 Å². The number of hydrogen-bond acceptors (Lipinski definition) is 6. The van der Waals surface area contributed by atoms with Crippen LogP contribution in [-0.2, 0) is 16.0 Å². The first-order chi connectivity index (χ1) is 12.5. The predicted octanol–water partition coefficient (Wildman–Crippen LogP) is 1.45. The molecule has 2 aromatic rings. The monoisotopic (exact) mass is 375 g/mol. The highest BCUT2D eigenvalue weighted by molar-refractivity contribution is 7.09. The average molecular weight is 375 g/mol. The van der Waals surface area contributed by atoms with Gasteiger partial charge in [0.15, 0.2) is 0 Å². The Morgan fingerprint density at radius 1 is 1.38 bits per heavy atom. The minimum atomic E-state index is -0.486. The lowest BCUT2D eigenvalue weighted by molar-refractivity contribution is -0.123. The van der Waals surface area contributed by atoms with Gasteiger partial charge in [0, 0.05) is 17.6 Å². The molecule has 1 aliphatic heterocycles. The number of rotatable bonds is 6. The van der Waals surface area contributed by atoms with Gasteiger partial charge < -0.3 is 20.5 Å². The van der Waals surface area contributed by atoms with Crippen LogP contribution in [0.25, 0.3) is 0 Å². The first-order valence-electron chi connectivity index (χ1n) is 8.36. The van der Waals surface area contributed by atoms with E-state index in [1.165, 1.54) is 11.3 Å². The van der Waals surface area contributed by atoms with Crippen molar-refractivity contribution in [3.05, 3.63) is 45.9 Å². The number of nitrogens with two attached hydrogens (primary N) is 1. The molecule has 3 N–H and O–H groups in total. The summed E-state index contributed by atoms with van der Waals surface area (Å²) in [7, 11) is 0. The van der Waals surface area contributed by atoms with E-state index < -0.39 is 5.91 Å². The van der Waals surface area contributed by atoms with Gasteiger partial charge in [-0.05, 0) is 37.6 Å². The van der Waals surface area contributed by atoms with Crippen LogP contribution in [0.4, 0.5) is 0 Å². The van der Waals surface area contributed by atoms with Crippen molar-refractivity contribution in [2.45, 2.75) is 31.9 Å². The van der Waals surface area contributed by atoms with Crippen molar-refractivity contribution in [2.75, 3.05) is 13.2 Å². The van der Waals surface area contributed by atoms with Crippen molar-refractivity contribution in [3.8, 4) is 5.75 Å². The molecule has 1 saturated heterocycles. The third-order valence-electron chi connectivity index (χ3n) is 4.09. The van der Waals surface area contributed by atoms with E-state index in [1.54, 1.807) is 24.3 Å². The van der Waals surface area contributed by atoms with Gasteiger partial charge >= 0.3 is 0 Å². The maximum Gasteiger partial charge on any atom is 0.248 e. The van der Waals surface area contributed by atoms with Gasteiger partial charge in [0.1, 0.15) is 11.9 Å². The molecule has 2 amide bonds. The summed E-state index contributed by atoms with van der Waals surface area (Å²) >= 11 is 1.53. The van der Waals surface area contributed by atoms with Gasteiger partial charge in [0.05, 0.1) is 29.8 Å². The van der Waals surface area contributed by atoms with Crippen LogP contribution in [0.15, 0.2) is 29.6 Å². The van der Waals surface area contributed by atoms with Crippen molar-refractivity contribution in [1.29, 1.82) is 0 Å². The Morgan fingerprint density at radius 2 is 2.15 bits per heavy atom. The SMILES string of the molecule is Cc1nc(CC(=O)N[C@@H]2CCOC[C@H]2Oc2ccc(C(N)=O)cc2)cs1. The van der Waals surface area contributed by atoms with Gasteiger partial charge in [0.25, 0.3) is 0 Å². The van der Waals surface area contributed by atoms with Gasteiger partial charge in [-0.25, -0.2) is 4.98 Å². The Labute approximate surface area is 155 Å². The summed E-state index contributed by atoms with van der Waals surface area (Å²) in [6, 6.07) is 6.45. The predicted molar refractivity (Wildman–Crippen MR) is 97.3 cm³/mol. The topological polar surface area (TPSA) is 104 Å². The minimum absolute atomic E-state index is 0.0834. The zero-order valence-electron chi connectivity index (χ0n) is 14.4. The first kappa shape index (κ1) is 18.3. The fourth-order valence-electron chi connectivity index (χ4n) is 2.78. The maximum absolute atomic E-state index is 12.3. The Morgan fingerprint density at radius 3 is 2.81 bits per heavy atom. The zero-order valence-corrected chi connectivity index (χ0v) is 15.3. The molecule has 3 rings (SSSR count). The lowest BCUT2D eigenvalue weighted by atomic mass is 10.1. The fourth-order valence-corrected chi connectivity index (χ4v) is 3.39. The first-order valence-corrected chi connectivity index (χ1v) is 9.24. The van der Waals surface area contributed by atoms with Crippen molar-refractivity contribution in [3.63, 3.8) is 0 Å². The largest absolute Gasteiger partial charge is 0.486 e. The summed E-state index contributed by atoms with van der Waals surface area (Å²) in [5, 5.41) is 5.86. The number of nitrogens with zero attached hydrogens (tertiary/aromatic N) is 1. The molecule has 2 atom stereocenters. The second kappa shape index (κ2) is 8.29. The van der Waals surface area contributed by atoms with E-state index in [4.69, 9.17) is 15.2 Å². The summed E-state index contributed by atoms with van der Waals surface area (Å²) in [4.78, 5) is 27.8. The summed E-state index contributed by atoms with van der Waals surface area (Å²) < 4.78 is 11.4. The molecule has 8 heteroatoms. The van der Waals surface area contributed by atoms with Gasteiger partial charge in [-0.2, -0.15) is 0 Å². The maximum atomic E-state index is 12.3. The average Bonchev–Trinajstić information content (AvgIpc) is 3.02. The molecule has 0 aliphatic carbocycles. The molecule has 1 aromatic carbocycles. The highest BCUT2D eigenvalue weighted by Gasteiger charge is 2.29. The normalized spacial score (nSPS) is 19.7. The van der Waals surface area contributed by atoms with Crippen LogP contribution in [0, 0.1) is 6.92 Å². The Hall–Kier alpha value is -2.45. The van der Waals surface area contributed by atoms with Crippen LogP contribution >= 0.6 is 11.3 Å². The number of carbonyl (C=O) groups excluding carboxylic acids is 2. The number of aryl methyl sites for hydroxylation is 1. The van der Waals surface area contributed by atoms with Gasteiger partial charge in [0.2, 0.25) is 11.8 Å². The Bertz CT molecular complexity index is 775. The fraction of sp³-hybridized carbons (Fsp3) is 0.389.